The number of hydrogen-bond donors (Lipinski definition) is 0. The van der Waals surface area contributed by atoms with Crippen LogP contribution in [0.4, 0.5) is 0 Å². The molecule has 0 atom stereocenters. The molecule has 0 saturated carbocycles. The van der Waals surface area contributed by atoms with Gasteiger partial charge >= 0.3 is 0 Å². The number of aromatic nitrogens is 1. The van der Waals surface area contributed by atoms with Crippen LogP contribution in [0.2, 0.25) is 5.02 Å². The Morgan fingerprint density at radius 3 is 2.46 bits per heavy atom. The van der Waals surface area contributed by atoms with Gasteiger partial charge in [0.05, 0.1) is 16.8 Å². The minimum absolute atomic E-state index is 0.688. The Morgan fingerprint density at radius 2 is 1.58 bits per heavy atom. The van der Waals surface area contributed by atoms with Gasteiger partial charge in [-0.25, -0.2) is 4.98 Å². The van der Waals surface area contributed by atoms with Crippen molar-refractivity contribution in [1.29, 1.82) is 0 Å². The second-order valence-corrected chi connectivity index (χ2v) is 6.23. The molecule has 2 heterocycles. The fraction of sp³-hybridized carbons (Fsp3) is 0. The molecule has 5 rings (SSSR count). The van der Waals surface area contributed by atoms with Crippen LogP contribution in [0.3, 0.4) is 0 Å². The van der Waals surface area contributed by atoms with Crippen molar-refractivity contribution in [3.8, 4) is 22.6 Å². The van der Waals surface area contributed by atoms with E-state index in [1.807, 2.05) is 60.7 Å². The molecule has 2 nitrogen and oxygen atoms in total. The van der Waals surface area contributed by atoms with E-state index < -0.39 is 0 Å². The van der Waals surface area contributed by atoms with E-state index in [0.29, 0.717) is 5.02 Å². The first-order valence-corrected chi connectivity index (χ1v) is 8.15. The summed E-state index contributed by atoms with van der Waals surface area (Å²) in [5.41, 5.74) is 4.75. The van der Waals surface area contributed by atoms with Crippen LogP contribution >= 0.6 is 11.6 Å². The molecule has 3 aromatic carbocycles. The first-order chi connectivity index (χ1) is 11.8. The number of para-hydroxylation sites is 2. The number of fused-ring (bicyclic) bond motifs is 5. The average molecular weight is 330 g/mol. The summed E-state index contributed by atoms with van der Waals surface area (Å²) in [6.45, 7) is 0. The number of rotatable bonds is 1. The highest BCUT2D eigenvalue weighted by Crippen LogP contribution is 2.44. The molecule has 0 saturated heterocycles. The van der Waals surface area contributed by atoms with Gasteiger partial charge in [-0.3, -0.25) is 0 Å². The number of hydrogen-bond acceptors (Lipinski definition) is 2. The smallest absolute Gasteiger partial charge is 0.144 e. The highest BCUT2D eigenvalue weighted by molar-refractivity contribution is 6.30. The van der Waals surface area contributed by atoms with E-state index in [1.54, 1.807) is 0 Å². The average Bonchev–Trinajstić information content (AvgIpc) is 3.01. The third-order valence-electron chi connectivity index (χ3n) is 4.31. The van der Waals surface area contributed by atoms with Crippen molar-refractivity contribution >= 4 is 33.5 Å². The monoisotopic (exact) mass is 329 g/mol. The minimum Gasteiger partial charge on any atom is -0.455 e. The van der Waals surface area contributed by atoms with Crippen molar-refractivity contribution in [3.63, 3.8) is 0 Å². The summed E-state index contributed by atoms with van der Waals surface area (Å²) in [5, 5.41) is 2.80. The zero-order chi connectivity index (χ0) is 16.1. The summed E-state index contributed by atoms with van der Waals surface area (Å²) in [7, 11) is 0. The summed E-state index contributed by atoms with van der Waals surface area (Å²) in [6.07, 6.45) is 0. The van der Waals surface area contributed by atoms with Crippen LogP contribution in [-0.2, 0) is 0 Å². The molecule has 0 N–H and O–H groups in total. The lowest BCUT2D eigenvalue weighted by Crippen LogP contribution is -1.88. The van der Waals surface area contributed by atoms with E-state index in [9.17, 15) is 0 Å². The highest BCUT2D eigenvalue weighted by atomic mass is 35.5. The van der Waals surface area contributed by atoms with Crippen LogP contribution in [0.25, 0.3) is 44.5 Å². The van der Waals surface area contributed by atoms with Crippen molar-refractivity contribution < 1.29 is 4.42 Å². The van der Waals surface area contributed by atoms with Crippen LogP contribution in [0.15, 0.2) is 77.2 Å². The van der Waals surface area contributed by atoms with Gasteiger partial charge in [0.15, 0.2) is 0 Å². The van der Waals surface area contributed by atoms with Crippen molar-refractivity contribution in [2.75, 3.05) is 0 Å². The predicted molar refractivity (Wildman–Crippen MR) is 98.6 cm³/mol. The lowest BCUT2D eigenvalue weighted by molar-refractivity contribution is 0.622. The van der Waals surface area contributed by atoms with Gasteiger partial charge in [0.2, 0.25) is 0 Å². The molecule has 0 bridgehead atoms. The van der Waals surface area contributed by atoms with Crippen LogP contribution in [-0.4, -0.2) is 4.98 Å². The van der Waals surface area contributed by atoms with Gasteiger partial charge in [0.25, 0.3) is 0 Å². The number of halogens is 1. The molecular weight excluding hydrogens is 318 g/mol. The molecule has 3 aromatic rings. The molecule has 0 aliphatic carbocycles. The summed E-state index contributed by atoms with van der Waals surface area (Å²) in [4.78, 5) is 4.86. The second kappa shape index (κ2) is 5.08. The van der Waals surface area contributed by atoms with Crippen LogP contribution in [0, 0.1) is 0 Å². The van der Waals surface area contributed by atoms with E-state index in [4.69, 9.17) is 21.0 Å². The minimum atomic E-state index is 0.688. The van der Waals surface area contributed by atoms with Crippen molar-refractivity contribution in [3.05, 3.63) is 77.8 Å². The zero-order valence-electron chi connectivity index (χ0n) is 12.7. The molecule has 0 fully saturated rings. The zero-order valence-corrected chi connectivity index (χ0v) is 13.4. The lowest BCUT2D eigenvalue weighted by Gasteiger charge is -2.11. The topological polar surface area (TPSA) is 26.0 Å². The van der Waals surface area contributed by atoms with Crippen molar-refractivity contribution in [2.24, 2.45) is 0 Å². The van der Waals surface area contributed by atoms with E-state index >= 15 is 0 Å². The molecule has 2 aliphatic heterocycles. The van der Waals surface area contributed by atoms with E-state index in [-0.39, 0.29) is 0 Å². The second-order valence-electron chi connectivity index (χ2n) is 5.79. The Labute approximate surface area is 143 Å². The van der Waals surface area contributed by atoms with E-state index in [2.05, 4.69) is 12.1 Å². The van der Waals surface area contributed by atoms with Crippen LogP contribution in [0.5, 0.6) is 0 Å². The Hall–Kier alpha value is -2.84. The molecule has 0 spiro atoms. The van der Waals surface area contributed by atoms with Gasteiger partial charge in [-0.2, -0.15) is 0 Å². The summed E-state index contributed by atoms with van der Waals surface area (Å²) < 4.78 is 6.28. The third kappa shape index (κ3) is 1.93. The van der Waals surface area contributed by atoms with Gasteiger partial charge in [-0.1, -0.05) is 54.1 Å². The standard InChI is InChI=1S/C21H12ClNO/c22-14-7-5-6-13(12-14)21-19-15-8-1-3-10-17(15)23-20(19)16-9-2-4-11-18(16)24-21/h1-12H. The normalized spacial score (nSPS) is 11.5. The fourth-order valence-corrected chi connectivity index (χ4v) is 3.45. The molecule has 2 aliphatic rings. The van der Waals surface area contributed by atoms with Crippen LogP contribution in [0.1, 0.15) is 0 Å². The highest BCUT2D eigenvalue weighted by Gasteiger charge is 2.22. The molecule has 24 heavy (non-hydrogen) atoms. The maximum absolute atomic E-state index is 6.28. The van der Waals surface area contributed by atoms with Gasteiger partial charge in [0.1, 0.15) is 11.3 Å². The number of nitrogens with zero attached hydrogens (tertiary/aromatic N) is 1. The van der Waals surface area contributed by atoms with Gasteiger partial charge < -0.3 is 4.42 Å². The summed E-state index contributed by atoms with van der Waals surface area (Å²) in [5.74, 6) is 0.805. The lowest BCUT2D eigenvalue weighted by atomic mass is 9.99. The van der Waals surface area contributed by atoms with Crippen molar-refractivity contribution in [2.45, 2.75) is 0 Å². The quantitative estimate of drug-likeness (QED) is 0.355. The first-order valence-electron chi connectivity index (χ1n) is 7.77. The fourth-order valence-electron chi connectivity index (χ4n) is 3.26. The summed E-state index contributed by atoms with van der Waals surface area (Å²) >= 11 is 6.20. The Kier molecular flexibility index (Phi) is 2.88. The largest absolute Gasteiger partial charge is 0.455 e. The number of benzene rings is 3. The van der Waals surface area contributed by atoms with Crippen LogP contribution < -0.4 is 0 Å². The maximum Gasteiger partial charge on any atom is 0.144 e. The molecular formula is C21H12ClNO. The van der Waals surface area contributed by atoms with Gasteiger partial charge in [0, 0.05) is 21.4 Å². The maximum atomic E-state index is 6.28. The van der Waals surface area contributed by atoms with Gasteiger partial charge in [-0.05, 0) is 30.3 Å². The molecule has 3 heteroatoms. The third-order valence-corrected chi connectivity index (χ3v) is 4.55. The van der Waals surface area contributed by atoms with E-state index in [1.165, 1.54) is 0 Å². The first kappa shape index (κ1) is 13.6. The molecule has 114 valence electrons. The Bertz CT molecular complexity index is 1170. The molecule has 0 unspecified atom stereocenters. The molecule has 0 radical (unpaired) electrons. The Balaban J connectivity index is 2.00. The molecule has 0 aromatic heterocycles. The molecule has 0 amide bonds. The Morgan fingerprint density at radius 1 is 0.792 bits per heavy atom. The van der Waals surface area contributed by atoms with E-state index in [0.717, 1.165) is 44.5 Å². The predicted octanol–water partition coefficient (Wildman–Crippen LogP) is 6.41. The SMILES string of the molecule is Clc1cccc(-c2oc3ccccc3c3nc4ccccc4c2-3)c1. The van der Waals surface area contributed by atoms with Gasteiger partial charge in [-0.15, -0.1) is 0 Å². The van der Waals surface area contributed by atoms with Crippen molar-refractivity contribution in [1.82, 2.24) is 4.98 Å². The summed E-state index contributed by atoms with van der Waals surface area (Å²) in [6, 6.07) is 23.9.